The molecule has 8 nitrogen and oxygen atoms in total. The van der Waals surface area contributed by atoms with Gasteiger partial charge in [0.05, 0.1) is 21.3 Å². The molecule has 0 bridgehead atoms. The molecule has 1 aliphatic rings. The zero-order valence-electron chi connectivity index (χ0n) is 18.6. The highest BCUT2D eigenvalue weighted by Gasteiger charge is 2.22. The fourth-order valence-electron chi connectivity index (χ4n) is 4.27. The fourth-order valence-corrected chi connectivity index (χ4v) is 4.27. The standard InChI is InChI=1S/C24H25N3O5/c1-14-25-26-24(31-14)22-11-18-16(5-6-19(28-2)23(18)32-22)12-27-8-7-15-9-20(29-3)21(30-4)10-17(15)13-27/h5-6,9-11H,7-8,12-13H2,1-4H3. The lowest BCUT2D eigenvalue weighted by atomic mass is 9.98. The molecule has 0 N–H and O–H groups in total. The van der Waals surface area contributed by atoms with Crippen LogP contribution in [-0.2, 0) is 19.5 Å². The second-order valence-corrected chi connectivity index (χ2v) is 7.84. The number of nitrogens with zero attached hydrogens (tertiary/aromatic N) is 3. The molecule has 0 unspecified atom stereocenters. The summed E-state index contributed by atoms with van der Waals surface area (Å²) in [5.41, 5.74) is 4.39. The molecular formula is C24H25N3O5. The Morgan fingerprint density at radius 1 is 0.906 bits per heavy atom. The van der Waals surface area contributed by atoms with E-state index in [2.05, 4.69) is 33.3 Å². The molecule has 0 aliphatic carbocycles. The minimum atomic E-state index is 0.361. The number of hydrogen-bond donors (Lipinski definition) is 0. The average Bonchev–Trinajstić information content (AvgIpc) is 3.45. The van der Waals surface area contributed by atoms with Crippen LogP contribution < -0.4 is 14.2 Å². The van der Waals surface area contributed by atoms with Crippen LogP contribution in [0.25, 0.3) is 22.6 Å². The Hall–Kier alpha value is -3.52. The summed E-state index contributed by atoms with van der Waals surface area (Å²) in [7, 11) is 4.97. The SMILES string of the molecule is COc1cc2c(cc1OC)CN(Cc1ccc(OC)c3oc(-c4nnc(C)o4)cc13)CC2. The van der Waals surface area contributed by atoms with Gasteiger partial charge in [0.2, 0.25) is 5.89 Å². The van der Waals surface area contributed by atoms with E-state index in [0.29, 0.717) is 28.9 Å². The number of rotatable bonds is 6. The van der Waals surface area contributed by atoms with Crippen LogP contribution in [0.3, 0.4) is 0 Å². The van der Waals surface area contributed by atoms with E-state index in [1.807, 2.05) is 12.1 Å². The van der Waals surface area contributed by atoms with Crippen LogP contribution in [0.5, 0.6) is 17.2 Å². The van der Waals surface area contributed by atoms with Gasteiger partial charge >= 0.3 is 0 Å². The van der Waals surface area contributed by atoms with Crippen molar-refractivity contribution < 1.29 is 23.0 Å². The summed E-state index contributed by atoms with van der Waals surface area (Å²) in [4.78, 5) is 2.42. The lowest BCUT2D eigenvalue weighted by molar-refractivity contribution is 0.245. The van der Waals surface area contributed by atoms with Crippen molar-refractivity contribution in [3.63, 3.8) is 0 Å². The van der Waals surface area contributed by atoms with Crippen molar-refractivity contribution in [1.82, 2.24) is 15.1 Å². The van der Waals surface area contributed by atoms with Gasteiger partial charge in [-0.3, -0.25) is 4.90 Å². The Morgan fingerprint density at radius 3 is 2.34 bits per heavy atom. The van der Waals surface area contributed by atoms with Crippen LogP contribution in [0.15, 0.2) is 39.2 Å². The molecule has 5 rings (SSSR count). The van der Waals surface area contributed by atoms with Crippen molar-refractivity contribution in [3.05, 3.63) is 52.9 Å². The maximum atomic E-state index is 6.06. The highest BCUT2D eigenvalue weighted by Crippen LogP contribution is 2.37. The molecule has 166 valence electrons. The molecule has 0 atom stereocenters. The van der Waals surface area contributed by atoms with Crippen molar-refractivity contribution in [3.8, 4) is 28.9 Å². The summed E-state index contributed by atoms with van der Waals surface area (Å²) >= 11 is 0. The maximum absolute atomic E-state index is 6.06. The lowest BCUT2D eigenvalue weighted by Gasteiger charge is -2.29. The van der Waals surface area contributed by atoms with Crippen molar-refractivity contribution in [2.45, 2.75) is 26.4 Å². The smallest absolute Gasteiger partial charge is 0.283 e. The fraction of sp³-hybridized carbons (Fsp3) is 0.333. The van der Waals surface area contributed by atoms with Gasteiger partial charge in [-0.2, -0.15) is 0 Å². The van der Waals surface area contributed by atoms with Gasteiger partial charge in [-0.05, 0) is 47.4 Å². The summed E-state index contributed by atoms with van der Waals surface area (Å²) in [6.45, 7) is 4.31. The van der Waals surface area contributed by atoms with E-state index in [4.69, 9.17) is 23.0 Å². The predicted octanol–water partition coefficient (Wildman–Crippen LogP) is 4.38. The third-order valence-corrected chi connectivity index (χ3v) is 5.89. The Kier molecular flexibility index (Phi) is 5.22. The summed E-state index contributed by atoms with van der Waals surface area (Å²) in [6.07, 6.45) is 0.951. The van der Waals surface area contributed by atoms with Crippen LogP contribution in [0.2, 0.25) is 0 Å². The number of hydrogen-bond acceptors (Lipinski definition) is 8. The number of aromatic nitrogens is 2. The molecule has 8 heteroatoms. The van der Waals surface area contributed by atoms with Gasteiger partial charge in [0.15, 0.2) is 28.6 Å². The minimum absolute atomic E-state index is 0.361. The first-order chi connectivity index (χ1) is 15.6. The third kappa shape index (κ3) is 3.56. The molecule has 1 aliphatic heterocycles. The molecule has 32 heavy (non-hydrogen) atoms. The first-order valence-electron chi connectivity index (χ1n) is 10.5. The molecule has 3 heterocycles. The van der Waals surface area contributed by atoms with Crippen molar-refractivity contribution in [1.29, 1.82) is 0 Å². The van der Waals surface area contributed by atoms with Gasteiger partial charge in [0.1, 0.15) is 0 Å². The van der Waals surface area contributed by atoms with E-state index in [9.17, 15) is 0 Å². The molecular weight excluding hydrogens is 410 g/mol. The first kappa shape index (κ1) is 20.4. The van der Waals surface area contributed by atoms with E-state index in [1.165, 1.54) is 11.1 Å². The molecule has 2 aromatic carbocycles. The van der Waals surface area contributed by atoms with Gasteiger partial charge in [-0.1, -0.05) is 6.07 Å². The number of methoxy groups -OCH3 is 3. The topological polar surface area (TPSA) is 83.0 Å². The highest BCUT2D eigenvalue weighted by molar-refractivity contribution is 5.89. The lowest BCUT2D eigenvalue weighted by Crippen LogP contribution is -2.30. The molecule has 0 amide bonds. The second-order valence-electron chi connectivity index (χ2n) is 7.84. The Morgan fingerprint density at radius 2 is 1.66 bits per heavy atom. The van der Waals surface area contributed by atoms with Gasteiger partial charge in [0.25, 0.3) is 5.89 Å². The van der Waals surface area contributed by atoms with Gasteiger partial charge in [-0.15, -0.1) is 10.2 Å². The molecule has 2 aromatic heterocycles. The zero-order valence-corrected chi connectivity index (χ0v) is 18.6. The van der Waals surface area contributed by atoms with Crippen molar-refractivity contribution in [2.24, 2.45) is 0 Å². The van der Waals surface area contributed by atoms with E-state index in [0.717, 1.165) is 48.5 Å². The zero-order chi connectivity index (χ0) is 22.2. The van der Waals surface area contributed by atoms with Crippen LogP contribution in [-0.4, -0.2) is 43.0 Å². The second kappa shape index (κ2) is 8.20. The molecule has 0 radical (unpaired) electrons. The summed E-state index contributed by atoms with van der Waals surface area (Å²) < 4.78 is 28.1. The van der Waals surface area contributed by atoms with E-state index < -0.39 is 0 Å². The van der Waals surface area contributed by atoms with Crippen LogP contribution in [0.4, 0.5) is 0 Å². The average molecular weight is 435 g/mol. The monoisotopic (exact) mass is 435 g/mol. The van der Waals surface area contributed by atoms with E-state index >= 15 is 0 Å². The van der Waals surface area contributed by atoms with Gasteiger partial charge in [-0.25, -0.2) is 0 Å². The number of aryl methyl sites for hydroxylation is 1. The van der Waals surface area contributed by atoms with Crippen LogP contribution in [0, 0.1) is 6.92 Å². The minimum Gasteiger partial charge on any atom is -0.493 e. The van der Waals surface area contributed by atoms with Crippen LogP contribution >= 0.6 is 0 Å². The molecule has 4 aromatic rings. The molecule has 0 saturated carbocycles. The number of fused-ring (bicyclic) bond motifs is 2. The number of furan rings is 1. The van der Waals surface area contributed by atoms with Crippen molar-refractivity contribution in [2.75, 3.05) is 27.9 Å². The Bertz CT molecular complexity index is 1280. The van der Waals surface area contributed by atoms with Crippen LogP contribution in [0.1, 0.15) is 22.6 Å². The summed E-state index contributed by atoms with van der Waals surface area (Å²) in [5, 5.41) is 8.97. The largest absolute Gasteiger partial charge is 0.493 e. The summed E-state index contributed by atoms with van der Waals surface area (Å²) in [5.74, 6) is 3.60. The summed E-state index contributed by atoms with van der Waals surface area (Å²) in [6, 6.07) is 10.1. The van der Waals surface area contributed by atoms with E-state index in [-0.39, 0.29) is 0 Å². The third-order valence-electron chi connectivity index (χ3n) is 5.89. The van der Waals surface area contributed by atoms with Gasteiger partial charge in [0, 0.05) is 31.9 Å². The number of ether oxygens (including phenoxy) is 3. The normalized spacial score (nSPS) is 13.9. The Labute approximate surface area is 185 Å². The number of benzene rings is 2. The van der Waals surface area contributed by atoms with Gasteiger partial charge < -0.3 is 23.0 Å². The highest BCUT2D eigenvalue weighted by atomic mass is 16.5. The maximum Gasteiger partial charge on any atom is 0.283 e. The van der Waals surface area contributed by atoms with E-state index in [1.54, 1.807) is 28.3 Å². The Balaban J connectivity index is 1.46. The van der Waals surface area contributed by atoms with Crippen molar-refractivity contribution >= 4 is 11.0 Å². The molecule has 0 fully saturated rings. The predicted molar refractivity (Wildman–Crippen MR) is 118 cm³/mol. The first-order valence-corrected chi connectivity index (χ1v) is 10.5. The molecule has 0 spiro atoms. The quantitative estimate of drug-likeness (QED) is 0.441. The molecule has 0 saturated heterocycles.